The van der Waals surface area contributed by atoms with E-state index in [0.29, 0.717) is 50.1 Å². The second kappa shape index (κ2) is 13.7. The molecular formula is C27H33IN4O6. The molecule has 4 rings (SSSR count). The molecule has 0 spiro atoms. The number of aliphatic carboxylic acids is 1. The molecule has 2 amide bonds. The molecule has 2 aliphatic rings. The summed E-state index contributed by atoms with van der Waals surface area (Å²) in [4.78, 5) is 41.1. The zero-order valence-electron chi connectivity index (χ0n) is 21.0. The summed E-state index contributed by atoms with van der Waals surface area (Å²) in [6, 6.07) is 15.5. The summed E-state index contributed by atoms with van der Waals surface area (Å²) in [5.41, 5.74) is 7.47. The molecule has 2 atom stereocenters. The van der Waals surface area contributed by atoms with E-state index in [2.05, 4.69) is 0 Å². The third-order valence-electron chi connectivity index (χ3n) is 6.78. The maximum Gasteiger partial charge on any atom is 0.329 e. The van der Waals surface area contributed by atoms with Crippen molar-refractivity contribution in [3.8, 4) is 0 Å². The molecule has 0 radical (unpaired) electrons. The van der Waals surface area contributed by atoms with Gasteiger partial charge in [0.15, 0.2) is 0 Å². The number of hydrogen-bond acceptors (Lipinski definition) is 6. The highest BCUT2D eigenvalue weighted by atomic mass is 127. The van der Waals surface area contributed by atoms with Crippen molar-refractivity contribution in [3.63, 3.8) is 0 Å². The van der Waals surface area contributed by atoms with E-state index in [0.717, 1.165) is 5.56 Å². The fourth-order valence-electron chi connectivity index (χ4n) is 4.77. The number of nitrogen functional groups attached to an aromatic ring is 1. The summed E-state index contributed by atoms with van der Waals surface area (Å²) in [5.74, 6) is -1.52. The van der Waals surface area contributed by atoms with E-state index in [-0.39, 0.29) is 67.0 Å². The Labute approximate surface area is 238 Å². The molecule has 38 heavy (non-hydrogen) atoms. The van der Waals surface area contributed by atoms with Crippen molar-refractivity contribution in [3.05, 3.63) is 71.3 Å². The molecule has 0 saturated carbocycles. The van der Waals surface area contributed by atoms with Gasteiger partial charge in [0.1, 0.15) is 18.5 Å². The summed E-state index contributed by atoms with van der Waals surface area (Å²) in [6.45, 7) is 1.18. The van der Waals surface area contributed by atoms with Crippen molar-refractivity contribution in [2.24, 2.45) is 5.73 Å². The second-order valence-electron chi connectivity index (χ2n) is 9.35. The Hall–Kier alpha value is -3.03. The molecule has 2 aliphatic heterocycles. The first-order valence-corrected chi connectivity index (χ1v) is 12.3. The Morgan fingerprint density at radius 2 is 1.58 bits per heavy atom. The number of hydrogen-bond donors (Lipinski definition) is 3. The van der Waals surface area contributed by atoms with Crippen LogP contribution in [0.2, 0.25) is 0 Å². The van der Waals surface area contributed by atoms with Gasteiger partial charge >= 0.3 is 5.97 Å². The fraction of sp³-hybridized carbons (Fsp3) is 0.407. The van der Waals surface area contributed by atoms with Crippen LogP contribution in [0.5, 0.6) is 0 Å². The molecule has 11 heteroatoms. The van der Waals surface area contributed by atoms with Crippen LogP contribution in [-0.4, -0.2) is 83.0 Å². The number of likely N-dealkylation sites (tertiary alicyclic amines) is 2. The third-order valence-corrected chi connectivity index (χ3v) is 6.78. The second-order valence-corrected chi connectivity index (χ2v) is 9.35. The minimum absolute atomic E-state index is 0. The maximum absolute atomic E-state index is 13.6. The quantitative estimate of drug-likeness (QED) is 0.218. The summed E-state index contributed by atoms with van der Waals surface area (Å²) in [7, 11) is 0. The van der Waals surface area contributed by atoms with Gasteiger partial charge in [0, 0.05) is 37.2 Å². The maximum atomic E-state index is 13.6. The first-order chi connectivity index (χ1) is 17.8. The zero-order chi connectivity index (χ0) is 26.4. The number of amidine groups is 1. The van der Waals surface area contributed by atoms with Crippen LogP contribution in [0.1, 0.15) is 40.7 Å². The average Bonchev–Trinajstić information content (AvgIpc) is 3.35. The fourth-order valence-corrected chi connectivity index (χ4v) is 4.77. The number of ether oxygens (including phenoxy) is 2. The molecule has 10 nitrogen and oxygen atoms in total. The molecule has 2 saturated heterocycles. The van der Waals surface area contributed by atoms with Crippen molar-refractivity contribution in [1.29, 1.82) is 5.41 Å². The molecule has 2 aromatic carbocycles. The van der Waals surface area contributed by atoms with E-state index in [1.807, 2.05) is 30.3 Å². The lowest BCUT2D eigenvalue weighted by molar-refractivity contribution is -0.147. The van der Waals surface area contributed by atoms with Gasteiger partial charge in [-0.2, -0.15) is 0 Å². The summed E-state index contributed by atoms with van der Waals surface area (Å²) < 4.78 is 11.5. The summed E-state index contributed by atoms with van der Waals surface area (Å²) in [5, 5.41) is 16.4. The number of carbonyl (C=O) groups is 3. The number of amides is 2. The third kappa shape index (κ3) is 7.51. The van der Waals surface area contributed by atoms with Gasteiger partial charge in [-0.05, 0) is 30.5 Å². The smallest absolute Gasteiger partial charge is 0.329 e. The highest BCUT2D eigenvalue weighted by molar-refractivity contribution is 14.0. The highest BCUT2D eigenvalue weighted by Gasteiger charge is 2.42. The van der Waals surface area contributed by atoms with Gasteiger partial charge in [-0.3, -0.25) is 15.0 Å². The normalized spacial score (nSPS) is 19.6. The van der Waals surface area contributed by atoms with Gasteiger partial charge < -0.3 is 30.1 Å². The van der Waals surface area contributed by atoms with E-state index >= 15 is 0 Å². The molecule has 2 fully saturated rings. The number of nitrogens with two attached hydrogens (primary N) is 1. The number of carbonyl (C=O) groups excluding carboxylic acids is 2. The number of nitrogens with zero attached hydrogens (tertiary/aromatic N) is 2. The zero-order valence-corrected chi connectivity index (χ0v) is 23.3. The van der Waals surface area contributed by atoms with Gasteiger partial charge in [0.2, 0.25) is 5.91 Å². The van der Waals surface area contributed by atoms with E-state index < -0.39 is 12.0 Å². The SMILES string of the molecule is I.N=C(N)c1ccc(C(=O)N2C[C@H](OCc3ccccc3)C[C@H]2C(=O)N2CCC(OCC(=O)O)CC2)cc1. The monoisotopic (exact) mass is 636 g/mol. The number of nitrogens with one attached hydrogen (secondary N) is 1. The van der Waals surface area contributed by atoms with Crippen LogP contribution in [0.15, 0.2) is 54.6 Å². The van der Waals surface area contributed by atoms with Crippen LogP contribution >= 0.6 is 24.0 Å². The Kier molecular flexibility index (Phi) is 10.6. The van der Waals surface area contributed by atoms with Crippen molar-refractivity contribution < 1.29 is 29.0 Å². The Bertz CT molecular complexity index is 1120. The molecule has 0 unspecified atom stereocenters. The molecule has 0 aliphatic carbocycles. The lowest BCUT2D eigenvalue weighted by atomic mass is 10.0. The molecule has 2 heterocycles. The van der Waals surface area contributed by atoms with Crippen molar-refractivity contribution in [2.75, 3.05) is 26.2 Å². The number of benzene rings is 2. The van der Waals surface area contributed by atoms with Gasteiger partial charge in [-0.25, -0.2) is 4.79 Å². The number of halogens is 1. The lowest BCUT2D eigenvalue weighted by Crippen LogP contribution is -2.50. The van der Waals surface area contributed by atoms with Crippen molar-refractivity contribution in [1.82, 2.24) is 9.80 Å². The largest absolute Gasteiger partial charge is 0.480 e. The van der Waals surface area contributed by atoms with E-state index in [1.54, 1.807) is 34.1 Å². The minimum Gasteiger partial charge on any atom is -0.480 e. The van der Waals surface area contributed by atoms with Gasteiger partial charge in [0.25, 0.3) is 5.91 Å². The van der Waals surface area contributed by atoms with Crippen LogP contribution in [0.25, 0.3) is 0 Å². The minimum atomic E-state index is -1.02. The highest BCUT2D eigenvalue weighted by Crippen LogP contribution is 2.27. The molecule has 4 N–H and O–H groups in total. The number of carboxylic acid groups (broad SMARTS) is 1. The van der Waals surface area contributed by atoms with Gasteiger partial charge in [0.05, 0.1) is 18.8 Å². The van der Waals surface area contributed by atoms with Crippen LogP contribution in [0.4, 0.5) is 0 Å². The number of rotatable bonds is 9. The van der Waals surface area contributed by atoms with Gasteiger partial charge in [-0.15, -0.1) is 24.0 Å². The lowest BCUT2D eigenvalue weighted by Gasteiger charge is -2.35. The first-order valence-electron chi connectivity index (χ1n) is 12.3. The van der Waals surface area contributed by atoms with Crippen molar-refractivity contribution in [2.45, 2.75) is 44.1 Å². The van der Waals surface area contributed by atoms with Crippen LogP contribution < -0.4 is 5.73 Å². The summed E-state index contributed by atoms with van der Waals surface area (Å²) >= 11 is 0. The molecule has 0 bridgehead atoms. The Morgan fingerprint density at radius 3 is 2.18 bits per heavy atom. The topological polar surface area (TPSA) is 146 Å². The van der Waals surface area contributed by atoms with Crippen LogP contribution in [-0.2, 0) is 25.7 Å². The van der Waals surface area contributed by atoms with Gasteiger partial charge in [-0.1, -0.05) is 42.5 Å². The predicted octanol–water partition coefficient (Wildman–Crippen LogP) is 2.48. The standard InChI is InChI=1S/C27H32N4O6.HI/c28-25(29)19-6-8-20(9-7-19)26(34)31-15-22(36-16-18-4-2-1-3-5-18)14-23(31)27(35)30-12-10-21(11-13-30)37-17-24(32)33;/h1-9,21-23H,10-17H2,(H3,28,29)(H,32,33);1H/t22-,23+;/m1./s1. The molecule has 0 aromatic heterocycles. The molecular weight excluding hydrogens is 603 g/mol. The summed E-state index contributed by atoms with van der Waals surface area (Å²) in [6.07, 6.45) is 0.966. The Morgan fingerprint density at radius 1 is 0.947 bits per heavy atom. The van der Waals surface area contributed by atoms with E-state index in [9.17, 15) is 14.4 Å². The predicted molar refractivity (Wildman–Crippen MR) is 151 cm³/mol. The van der Waals surface area contributed by atoms with E-state index in [4.69, 9.17) is 25.7 Å². The number of piperidine rings is 1. The number of carboxylic acids is 1. The Balaban J connectivity index is 0.00000400. The average molecular weight is 636 g/mol. The molecule has 2 aromatic rings. The molecule has 204 valence electrons. The van der Waals surface area contributed by atoms with Crippen molar-refractivity contribution >= 4 is 47.6 Å². The van der Waals surface area contributed by atoms with Crippen LogP contribution in [0, 0.1) is 5.41 Å². The van der Waals surface area contributed by atoms with E-state index in [1.165, 1.54) is 0 Å². The first kappa shape index (κ1) is 29.5. The van der Waals surface area contributed by atoms with Crippen LogP contribution in [0.3, 0.4) is 0 Å².